The number of halogens is 3. The van der Waals surface area contributed by atoms with Gasteiger partial charge in [-0.25, -0.2) is 14.4 Å². The van der Waals surface area contributed by atoms with Crippen molar-refractivity contribution < 1.29 is 32.2 Å². The minimum Gasteiger partial charge on any atom is -0.465 e. The molecule has 1 aromatic heterocycles. The second-order valence-electron chi connectivity index (χ2n) is 6.50. The molecule has 0 aliphatic heterocycles. The quantitative estimate of drug-likeness (QED) is 0.717. The third-order valence-corrected chi connectivity index (χ3v) is 3.48. The van der Waals surface area contributed by atoms with Crippen molar-refractivity contribution in [3.05, 3.63) is 33.7 Å². The standard InChI is InChI=1S/C16H17F3N2O5/c1-15(2,3)26-14(24)21-11-9(16(17,18)19)7-6-8(12(22)25-5)10(11)20(4)13(21)23/h6-7H,1-5H3. The number of carbonyl (C=O) groups excluding carboxylic acids is 2. The molecular weight excluding hydrogens is 357 g/mol. The molecule has 0 spiro atoms. The van der Waals surface area contributed by atoms with E-state index in [2.05, 4.69) is 4.74 Å². The van der Waals surface area contributed by atoms with Gasteiger partial charge in [-0.15, -0.1) is 0 Å². The molecule has 1 aromatic carbocycles. The lowest BCUT2D eigenvalue weighted by atomic mass is 10.1. The monoisotopic (exact) mass is 374 g/mol. The number of hydrogen-bond acceptors (Lipinski definition) is 5. The summed E-state index contributed by atoms with van der Waals surface area (Å²) < 4.78 is 51.0. The molecule has 0 aliphatic rings. The molecule has 2 rings (SSSR count). The lowest BCUT2D eigenvalue weighted by Crippen LogP contribution is -2.34. The number of aryl methyl sites for hydroxylation is 1. The Morgan fingerprint density at radius 1 is 1.08 bits per heavy atom. The second kappa shape index (κ2) is 6.19. The average Bonchev–Trinajstić information content (AvgIpc) is 2.75. The molecule has 0 bridgehead atoms. The minimum atomic E-state index is -4.87. The fourth-order valence-corrected chi connectivity index (χ4v) is 2.47. The lowest BCUT2D eigenvalue weighted by molar-refractivity contribution is -0.136. The number of nitrogens with zero attached hydrogens (tertiary/aromatic N) is 2. The van der Waals surface area contributed by atoms with E-state index < -0.39 is 40.6 Å². The average molecular weight is 374 g/mol. The van der Waals surface area contributed by atoms with Gasteiger partial charge in [0.05, 0.1) is 29.3 Å². The summed E-state index contributed by atoms with van der Waals surface area (Å²) in [7, 11) is 2.20. The van der Waals surface area contributed by atoms with Crippen LogP contribution < -0.4 is 5.69 Å². The van der Waals surface area contributed by atoms with E-state index in [4.69, 9.17) is 4.74 Å². The predicted molar refractivity (Wildman–Crippen MR) is 85.2 cm³/mol. The molecule has 0 aliphatic carbocycles. The van der Waals surface area contributed by atoms with Crippen molar-refractivity contribution in [2.45, 2.75) is 32.5 Å². The van der Waals surface area contributed by atoms with Crippen molar-refractivity contribution in [1.82, 2.24) is 9.13 Å². The summed E-state index contributed by atoms with van der Waals surface area (Å²) in [5, 5.41) is 0. The zero-order valence-corrected chi connectivity index (χ0v) is 14.7. The fraction of sp³-hybridized carbons (Fsp3) is 0.438. The molecule has 26 heavy (non-hydrogen) atoms. The fourth-order valence-electron chi connectivity index (χ4n) is 2.47. The molecule has 1 heterocycles. The number of alkyl halides is 3. The Hall–Kier alpha value is -2.78. The highest BCUT2D eigenvalue weighted by atomic mass is 19.4. The van der Waals surface area contributed by atoms with Crippen LogP contribution in [0.3, 0.4) is 0 Å². The highest BCUT2D eigenvalue weighted by Crippen LogP contribution is 2.36. The van der Waals surface area contributed by atoms with E-state index >= 15 is 0 Å². The van der Waals surface area contributed by atoms with Gasteiger partial charge in [-0.1, -0.05) is 0 Å². The predicted octanol–water partition coefficient (Wildman–Crippen LogP) is 2.93. The number of hydrogen-bond donors (Lipinski definition) is 0. The molecule has 7 nitrogen and oxygen atoms in total. The first-order valence-electron chi connectivity index (χ1n) is 7.43. The Kier molecular flexibility index (Phi) is 4.65. The van der Waals surface area contributed by atoms with Gasteiger partial charge >= 0.3 is 23.9 Å². The van der Waals surface area contributed by atoms with Gasteiger partial charge in [-0.3, -0.25) is 4.57 Å². The van der Waals surface area contributed by atoms with Crippen molar-refractivity contribution in [2.24, 2.45) is 7.05 Å². The number of rotatable bonds is 1. The number of aromatic nitrogens is 2. The minimum absolute atomic E-state index is 0.274. The van der Waals surface area contributed by atoms with Gasteiger partial charge in [0.1, 0.15) is 5.60 Å². The van der Waals surface area contributed by atoms with E-state index in [-0.39, 0.29) is 15.6 Å². The van der Waals surface area contributed by atoms with Crippen LogP contribution in [0, 0.1) is 0 Å². The van der Waals surface area contributed by atoms with E-state index in [1.165, 1.54) is 20.8 Å². The van der Waals surface area contributed by atoms with Crippen molar-refractivity contribution in [3.63, 3.8) is 0 Å². The van der Waals surface area contributed by atoms with Crippen LogP contribution in [0.5, 0.6) is 0 Å². The maximum Gasteiger partial charge on any atom is 0.423 e. The summed E-state index contributed by atoms with van der Waals surface area (Å²) in [6.07, 6.45) is -6.15. The van der Waals surface area contributed by atoms with Gasteiger partial charge < -0.3 is 9.47 Å². The van der Waals surface area contributed by atoms with Crippen LogP contribution in [-0.4, -0.2) is 33.9 Å². The number of carbonyl (C=O) groups is 2. The largest absolute Gasteiger partial charge is 0.465 e. The number of methoxy groups -OCH3 is 1. The Balaban J connectivity index is 2.98. The van der Waals surface area contributed by atoms with Crippen molar-refractivity contribution in [1.29, 1.82) is 0 Å². The van der Waals surface area contributed by atoms with Crippen molar-refractivity contribution in [2.75, 3.05) is 7.11 Å². The van der Waals surface area contributed by atoms with Crippen LogP contribution in [0.4, 0.5) is 18.0 Å². The first-order valence-corrected chi connectivity index (χ1v) is 7.43. The van der Waals surface area contributed by atoms with Crippen LogP contribution in [0.1, 0.15) is 36.7 Å². The molecule has 0 saturated heterocycles. The van der Waals surface area contributed by atoms with Crippen molar-refractivity contribution >= 4 is 23.1 Å². The van der Waals surface area contributed by atoms with E-state index in [0.29, 0.717) is 6.07 Å². The molecule has 0 N–H and O–H groups in total. The maximum absolute atomic E-state index is 13.5. The molecule has 0 amide bonds. The Morgan fingerprint density at radius 3 is 2.12 bits per heavy atom. The number of fused-ring (bicyclic) bond motifs is 1. The zero-order chi connectivity index (χ0) is 20.0. The first-order chi connectivity index (χ1) is 11.8. The zero-order valence-electron chi connectivity index (χ0n) is 14.7. The Bertz CT molecular complexity index is 948. The van der Waals surface area contributed by atoms with Crippen LogP contribution >= 0.6 is 0 Å². The molecule has 0 saturated carbocycles. The maximum atomic E-state index is 13.5. The van der Waals surface area contributed by atoms with Crippen LogP contribution in [-0.2, 0) is 22.7 Å². The van der Waals surface area contributed by atoms with E-state index in [9.17, 15) is 27.6 Å². The summed E-state index contributed by atoms with van der Waals surface area (Å²) in [5.41, 5.74) is -4.78. The van der Waals surface area contributed by atoms with Gasteiger partial charge in [0.2, 0.25) is 0 Å². The topological polar surface area (TPSA) is 79.5 Å². The molecule has 142 valence electrons. The highest BCUT2D eigenvalue weighted by Gasteiger charge is 2.38. The van der Waals surface area contributed by atoms with Gasteiger partial charge in [-0.2, -0.15) is 17.7 Å². The SMILES string of the molecule is COC(=O)c1ccc(C(F)(F)F)c2c1n(C)c(=O)n2C(=O)OC(C)(C)C. The van der Waals surface area contributed by atoms with Crippen molar-refractivity contribution in [3.8, 4) is 0 Å². The molecule has 0 radical (unpaired) electrons. The normalized spacial score (nSPS) is 12.3. The summed E-state index contributed by atoms with van der Waals surface area (Å²) >= 11 is 0. The second-order valence-corrected chi connectivity index (χ2v) is 6.50. The van der Waals surface area contributed by atoms with E-state index in [1.54, 1.807) is 0 Å². The van der Waals surface area contributed by atoms with Crippen LogP contribution in [0.2, 0.25) is 0 Å². The first kappa shape index (κ1) is 19.5. The third-order valence-electron chi connectivity index (χ3n) is 3.48. The third kappa shape index (κ3) is 3.31. The lowest BCUT2D eigenvalue weighted by Gasteiger charge is -2.20. The summed E-state index contributed by atoms with van der Waals surface area (Å²) in [4.78, 5) is 36.8. The number of esters is 1. The van der Waals surface area contributed by atoms with Crippen LogP contribution in [0.15, 0.2) is 16.9 Å². The summed E-state index contributed by atoms with van der Waals surface area (Å²) in [5.74, 6) is -0.944. The van der Waals surface area contributed by atoms with E-state index in [0.717, 1.165) is 24.8 Å². The summed E-state index contributed by atoms with van der Waals surface area (Å²) in [6.45, 7) is 4.52. The van der Waals surface area contributed by atoms with Crippen LogP contribution in [0.25, 0.3) is 11.0 Å². The Labute approximate surface area is 145 Å². The highest BCUT2D eigenvalue weighted by molar-refractivity contribution is 6.05. The molecule has 2 aromatic rings. The smallest absolute Gasteiger partial charge is 0.423 e. The number of benzene rings is 1. The molecule has 0 unspecified atom stereocenters. The van der Waals surface area contributed by atoms with Gasteiger partial charge in [-0.05, 0) is 32.9 Å². The Morgan fingerprint density at radius 2 is 1.65 bits per heavy atom. The van der Waals surface area contributed by atoms with E-state index in [1.807, 2.05) is 0 Å². The summed E-state index contributed by atoms with van der Waals surface area (Å²) in [6, 6.07) is 1.52. The van der Waals surface area contributed by atoms with Gasteiger partial charge in [0.15, 0.2) is 0 Å². The molecule has 10 heteroatoms. The van der Waals surface area contributed by atoms with Gasteiger partial charge in [0, 0.05) is 7.05 Å². The molecule has 0 fully saturated rings. The molecule has 0 atom stereocenters. The molecular formula is C16H17F3N2O5. The van der Waals surface area contributed by atoms with Gasteiger partial charge in [0.25, 0.3) is 0 Å². The number of ether oxygens (including phenoxy) is 2. The number of imidazole rings is 1.